The molecular formula is C21H26N2O6S. The minimum atomic E-state index is -3.85. The Morgan fingerprint density at radius 2 is 1.63 bits per heavy atom. The lowest BCUT2D eigenvalue weighted by molar-refractivity contribution is -0.117. The smallest absolute Gasteiger partial charge is 0.243 e. The fourth-order valence-electron chi connectivity index (χ4n) is 3.52. The molecule has 3 rings (SSSR count). The maximum atomic E-state index is 13.3. The molecule has 1 fully saturated rings. The first-order valence-corrected chi connectivity index (χ1v) is 10.9. The Balaban J connectivity index is 1.97. The Kier molecular flexibility index (Phi) is 6.52. The summed E-state index contributed by atoms with van der Waals surface area (Å²) >= 11 is 0. The minimum Gasteiger partial charge on any atom is -0.496 e. The van der Waals surface area contributed by atoms with Crippen LogP contribution < -0.4 is 19.1 Å². The fourth-order valence-corrected chi connectivity index (χ4v) is 4.67. The van der Waals surface area contributed by atoms with Crippen molar-refractivity contribution in [1.82, 2.24) is 4.31 Å². The Bertz CT molecular complexity index is 1020. The second-order valence-corrected chi connectivity index (χ2v) is 8.93. The van der Waals surface area contributed by atoms with Gasteiger partial charge in [-0.3, -0.25) is 4.79 Å². The lowest BCUT2D eigenvalue weighted by Gasteiger charge is -2.23. The SMILES string of the molecule is COc1ccc(S(=O)(=O)N(C)Cc2c(OC)cccc2OC)cc1N1CCCC1=O. The summed E-state index contributed by atoms with van der Waals surface area (Å²) in [4.78, 5) is 13.9. The van der Waals surface area contributed by atoms with Crippen LogP contribution in [0.4, 0.5) is 5.69 Å². The molecule has 162 valence electrons. The topological polar surface area (TPSA) is 85.4 Å². The highest BCUT2D eigenvalue weighted by Crippen LogP contribution is 2.35. The van der Waals surface area contributed by atoms with E-state index in [0.717, 1.165) is 6.42 Å². The van der Waals surface area contributed by atoms with Gasteiger partial charge in [0, 0.05) is 26.6 Å². The van der Waals surface area contributed by atoms with Gasteiger partial charge in [-0.2, -0.15) is 4.31 Å². The quantitative estimate of drug-likeness (QED) is 0.635. The van der Waals surface area contributed by atoms with Crippen LogP contribution in [0.25, 0.3) is 0 Å². The number of hydrogen-bond donors (Lipinski definition) is 0. The molecule has 0 saturated carbocycles. The van der Waals surface area contributed by atoms with Gasteiger partial charge >= 0.3 is 0 Å². The van der Waals surface area contributed by atoms with Crippen molar-refractivity contribution in [3.05, 3.63) is 42.0 Å². The first-order chi connectivity index (χ1) is 14.3. The van der Waals surface area contributed by atoms with Crippen molar-refractivity contribution >= 4 is 21.6 Å². The van der Waals surface area contributed by atoms with E-state index in [1.807, 2.05) is 0 Å². The molecule has 2 aromatic carbocycles. The van der Waals surface area contributed by atoms with Crippen LogP contribution in [0.15, 0.2) is 41.3 Å². The third-order valence-corrected chi connectivity index (χ3v) is 6.93. The molecule has 0 spiro atoms. The van der Waals surface area contributed by atoms with Crippen LogP contribution in [0.3, 0.4) is 0 Å². The molecule has 1 heterocycles. The van der Waals surface area contributed by atoms with E-state index in [0.29, 0.717) is 41.5 Å². The third-order valence-electron chi connectivity index (χ3n) is 5.13. The zero-order chi connectivity index (χ0) is 21.9. The number of anilines is 1. The zero-order valence-corrected chi connectivity index (χ0v) is 18.4. The van der Waals surface area contributed by atoms with Gasteiger partial charge in [0.2, 0.25) is 15.9 Å². The Hall–Kier alpha value is -2.78. The highest BCUT2D eigenvalue weighted by molar-refractivity contribution is 7.89. The first kappa shape index (κ1) is 21.9. The number of carbonyl (C=O) groups excluding carboxylic acids is 1. The zero-order valence-electron chi connectivity index (χ0n) is 17.5. The molecule has 30 heavy (non-hydrogen) atoms. The highest BCUT2D eigenvalue weighted by atomic mass is 32.2. The molecule has 0 bridgehead atoms. The van der Waals surface area contributed by atoms with E-state index in [1.54, 1.807) is 29.2 Å². The van der Waals surface area contributed by atoms with Gasteiger partial charge in [-0.15, -0.1) is 0 Å². The number of benzene rings is 2. The predicted molar refractivity (Wildman–Crippen MR) is 113 cm³/mol. The molecule has 9 heteroatoms. The van der Waals surface area contributed by atoms with Gasteiger partial charge in [0.05, 0.1) is 37.5 Å². The van der Waals surface area contributed by atoms with E-state index in [4.69, 9.17) is 14.2 Å². The normalized spacial score (nSPS) is 14.3. The molecule has 0 aromatic heterocycles. The van der Waals surface area contributed by atoms with E-state index in [2.05, 4.69) is 0 Å². The number of amides is 1. The fraction of sp³-hybridized carbons (Fsp3) is 0.381. The number of sulfonamides is 1. The highest BCUT2D eigenvalue weighted by Gasteiger charge is 2.29. The van der Waals surface area contributed by atoms with Crippen LogP contribution in [0.5, 0.6) is 17.2 Å². The van der Waals surface area contributed by atoms with Crippen molar-refractivity contribution in [3.63, 3.8) is 0 Å². The molecule has 0 N–H and O–H groups in total. The third kappa shape index (κ3) is 4.08. The van der Waals surface area contributed by atoms with Crippen LogP contribution in [-0.2, 0) is 21.4 Å². The van der Waals surface area contributed by atoms with Gasteiger partial charge in [0.1, 0.15) is 17.2 Å². The lowest BCUT2D eigenvalue weighted by Crippen LogP contribution is -2.28. The van der Waals surface area contributed by atoms with E-state index in [1.165, 1.54) is 44.8 Å². The van der Waals surface area contributed by atoms with Crippen molar-refractivity contribution in [3.8, 4) is 17.2 Å². The van der Waals surface area contributed by atoms with E-state index in [-0.39, 0.29) is 17.3 Å². The summed E-state index contributed by atoms with van der Waals surface area (Å²) in [6.07, 6.45) is 1.17. The maximum absolute atomic E-state index is 13.3. The summed E-state index contributed by atoms with van der Waals surface area (Å²) in [6, 6.07) is 9.83. The van der Waals surface area contributed by atoms with Crippen LogP contribution in [0, 0.1) is 0 Å². The largest absolute Gasteiger partial charge is 0.496 e. The number of nitrogens with zero attached hydrogens (tertiary/aromatic N) is 2. The Labute approximate surface area is 177 Å². The molecular weight excluding hydrogens is 408 g/mol. The van der Waals surface area contributed by atoms with Crippen molar-refractivity contribution in [2.24, 2.45) is 0 Å². The number of ether oxygens (including phenoxy) is 3. The molecule has 1 amide bonds. The Morgan fingerprint density at radius 3 is 2.17 bits per heavy atom. The van der Waals surface area contributed by atoms with Crippen molar-refractivity contribution < 1.29 is 27.4 Å². The number of hydrogen-bond acceptors (Lipinski definition) is 6. The number of methoxy groups -OCH3 is 3. The lowest BCUT2D eigenvalue weighted by atomic mass is 10.1. The number of rotatable bonds is 8. The Morgan fingerprint density at radius 1 is 1.00 bits per heavy atom. The summed E-state index contributed by atoms with van der Waals surface area (Å²) in [5.74, 6) is 1.48. The summed E-state index contributed by atoms with van der Waals surface area (Å²) in [5, 5.41) is 0. The number of carbonyl (C=O) groups is 1. The average Bonchev–Trinajstić information content (AvgIpc) is 3.18. The molecule has 0 unspecified atom stereocenters. The first-order valence-electron chi connectivity index (χ1n) is 9.48. The second-order valence-electron chi connectivity index (χ2n) is 6.88. The van der Waals surface area contributed by atoms with E-state index in [9.17, 15) is 13.2 Å². The standard InChI is InChI=1S/C21H26N2O6S/c1-22(14-16-18(27-2)7-5-8-19(16)28-3)30(25,26)15-10-11-20(29-4)17(13-15)23-12-6-9-21(23)24/h5,7-8,10-11,13H,6,9,12,14H2,1-4H3. The monoisotopic (exact) mass is 434 g/mol. The molecule has 1 aliphatic rings. The van der Waals surface area contributed by atoms with Crippen LogP contribution >= 0.6 is 0 Å². The molecule has 2 aromatic rings. The van der Waals surface area contributed by atoms with Gasteiger partial charge in [0.15, 0.2) is 0 Å². The summed E-state index contributed by atoms with van der Waals surface area (Å²) in [7, 11) is 2.18. The van der Waals surface area contributed by atoms with Crippen molar-refractivity contribution in [2.45, 2.75) is 24.3 Å². The van der Waals surface area contributed by atoms with E-state index >= 15 is 0 Å². The summed E-state index contributed by atoms with van der Waals surface area (Å²) < 4.78 is 43.9. The molecule has 1 aliphatic heterocycles. The predicted octanol–water partition coefficient (Wildman–Crippen LogP) is 2.66. The van der Waals surface area contributed by atoms with Crippen LogP contribution in [-0.4, -0.2) is 53.6 Å². The molecule has 0 atom stereocenters. The van der Waals surface area contributed by atoms with Gasteiger partial charge in [-0.1, -0.05) is 6.07 Å². The van der Waals surface area contributed by atoms with Gasteiger partial charge in [0.25, 0.3) is 0 Å². The van der Waals surface area contributed by atoms with Crippen LogP contribution in [0.1, 0.15) is 18.4 Å². The molecule has 8 nitrogen and oxygen atoms in total. The minimum absolute atomic E-state index is 0.0463. The van der Waals surface area contributed by atoms with Crippen molar-refractivity contribution in [2.75, 3.05) is 39.8 Å². The van der Waals surface area contributed by atoms with Gasteiger partial charge < -0.3 is 19.1 Å². The van der Waals surface area contributed by atoms with Gasteiger partial charge in [-0.05, 0) is 36.8 Å². The molecule has 0 aliphatic carbocycles. The van der Waals surface area contributed by atoms with E-state index < -0.39 is 10.0 Å². The van der Waals surface area contributed by atoms with Crippen LogP contribution in [0.2, 0.25) is 0 Å². The maximum Gasteiger partial charge on any atom is 0.243 e. The second kappa shape index (κ2) is 8.93. The summed E-state index contributed by atoms with van der Waals surface area (Å²) in [6.45, 7) is 0.590. The average molecular weight is 435 g/mol. The summed E-state index contributed by atoms with van der Waals surface area (Å²) in [5.41, 5.74) is 1.08. The molecule has 1 saturated heterocycles. The van der Waals surface area contributed by atoms with Crippen molar-refractivity contribution in [1.29, 1.82) is 0 Å². The molecule has 0 radical (unpaired) electrons. The van der Waals surface area contributed by atoms with Gasteiger partial charge in [-0.25, -0.2) is 8.42 Å².